The summed E-state index contributed by atoms with van der Waals surface area (Å²) in [4.78, 5) is 12.9. The molecule has 0 aliphatic heterocycles. The number of carbonyl (C=O) groups excluding carboxylic acids is 1. The van der Waals surface area contributed by atoms with E-state index in [1.165, 1.54) is 31.4 Å². The molecule has 0 saturated carbocycles. The number of hydrogen-bond acceptors (Lipinski definition) is 4. The van der Waals surface area contributed by atoms with E-state index in [1.807, 2.05) is 30.3 Å². The van der Waals surface area contributed by atoms with Crippen molar-refractivity contribution >= 4 is 49.7 Å². The van der Waals surface area contributed by atoms with Gasteiger partial charge < -0.3 is 10.1 Å². The zero-order chi connectivity index (χ0) is 22.7. The number of methoxy groups -OCH3 is 1. The minimum atomic E-state index is -3.78. The van der Waals surface area contributed by atoms with E-state index in [0.29, 0.717) is 27.7 Å². The lowest BCUT2D eigenvalue weighted by atomic mass is 10.1. The number of ether oxygens (including phenoxy) is 1. The van der Waals surface area contributed by atoms with Crippen LogP contribution < -0.4 is 14.8 Å². The molecule has 4 aromatic carbocycles. The molecule has 0 saturated heterocycles. The third-order valence-electron chi connectivity index (χ3n) is 4.83. The van der Waals surface area contributed by atoms with Crippen LogP contribution in [0.4, 0.5) is 11.4 Å². The van der Waals surface area contributed by atoms with Crippen LogP contribution in [0.5, 0.6) is 5.75 Å². The van der Waals surface area contributed by atoms with Crippen molar-refractivity contribution in [1.29, 1.82) is 0 Å². The Labute approximate surface area is 190 Å². The van der Waals surface area contributed by atoms with Gasteiger partial charge in [0, 0.05) is 16.4 Å². The summed E-state index contributed by atoms with van der Waals surface area (Å²) in [6.45, 7) is 0. The Bertz CT molecular complexity index is 1390. The predicted octanol–water partition coefficient (Wildman–Crippen LogP) is 5.55. The number of hydrogen-bond donors (Lipinski definition) is 2. The number of sulfonamides is 1. The van der Waals surface area contributed by atoms with E-state index in [4.69, 9.17) is 16.3 Å². The number of fused-ring (bicyclic) bond motifs is 1. The highest BCUT2D eigenvalue weighted by atomic mass is 35.5. The van der Waals surface area contributed by atoms with Gasteiger partial charge in [-0.25, -0.2) is 8.42 Å². The Kier molecular flexibility index (Phi) is 6.03. The van der Waals surface area contributed by atoms with Crippen LogP contribution in [-0.2, 0) is 10.0 Å². The Morgan fingerprint density at radius 2 is 1.44 bits per heavy atom. The molecule has 0 spiro atoms. The van der Waals surface area contributed by atoms with Gasteiger partial charge in [0.15, 0.2) is 0 Å². The highest BCUT2D eigenvalue weighted by Gasteiger charge is 2.16. The Balaban J connectivity index is 1.53. The zero-order valence-corrected chi connectivity index (χ0v) is 18.6. The van der Waals surface area contributed by atoms with Crippen LogP contribution in [0, 0.1) is 0 Å². The summed E-state index contributed by atoms with van der Waals surface area (Å²) < 4.78 is 33.1. The molecular weight excluding hydrogens is 448 g/mol. The Morgan fingerprint density at radius 1 is 0.844 bits per heavy atom. The second-order valence-electron chi connectivity index (χ2n) is 6.99. The minimum absolute atomic E-state index is 0.0636. The number of carbonyl (C=O) groups is 1. The second kappa shape index (κ2) is 8.90. The van der Waals surface area contributed by atoms with Crippen LogP contribution in [0.15, 0.2) is 89.8 Å². The number of amides is 1. The summed E-state index contributed by atoms with van der Waals surface area (Å²) in [5.74, 6) is 0.0926. The van der Waals surface area contributed by atoms with E-state index >= 15 is 0 Å². The van der Waals surface area contributed by atoms with E-state index in [2.05, 4.69) is 10.0 Å². The number of halogens is 1. The van der Waals surface area contributed by atoms with Gasteiger partial charge in [0.25, 0.3) is 15.9 Å². The molecule has 0 aliphatic carbocycles. The van der Waals surface area contributed by atoms with Crippen LogP contribution >= 0.6 is 11.6 Å². The standard InChI is InChI=1S/C24H19ClN2O4S/c1-31-23-15-17-5-3-2-4-16(17)14-22(23)24(28)26-19-10-12-21(13-11-19)32(29,30)27-20-8-6-18(25)7-9-20/h2-15,27H,1H3,(H,26,28). The molecule has 0 radical (unpaired) electrons. The van der Waals surface area contributed by atoms with E-state index in [1.54, 1.807) is 30.3 Å². The summed E-state index contributed by atoms with van der Waals surface area (Å²) >= 11 is 5.83. The van der Waals surface area contributed by atoms with E-state index in [-0.39, 0.29) is 10.8 Å². The fourth-order valence-corrected chi connectivity index (χ4v) is 4.40. The molecule has 0 atom stereocenters. The lowest BCUT2D eigenvalue weighted by Gasteiger charge is -2.12. The first-order valence-corrected chi connectivity index (χ1v) is 11.5. The van der Waals surface area contributed by atoms with Gasteiger partial charge in [-0.05, 0) is 71.4 Å². The third-order valence-corrected chi connectivity index (χ3v) is 6.48. The van der Waals surface area contributed by atoms with Crippen molar-refractivity contribution in [2.24, 2.45) is 0 Å². The van der Waals surface area contributed by atoms with E-state index in [9.17, 15) is 13.2 Å². The lowest BCUT2D eigenvalue weighted by Crippen LogP contribution is -2.15. The second-order valence-corrected chi connectivity index (χ2v) is 9.11. The molecule has 1 amide bonds. The summed E-state index contributed by atoms with van der Waals surface area (Å²) in [6, 6.07) is 23.5. The van der Waals surface area contributed by atoms with Crippen molar-refractivity contribution in [2.45, 2.75) is 4.90 Å². The van der Waals surface area contributed by atoms with Crippen molar-refractivity contribution in [3.05, 3.63) is 95.5 Å². The fourth-order valence-electron chi connectivity index (χ4n) is 3.21. The molecule has 2 N–H and O–H groups in total. The number of nitrogens with one attached hydrogen (secondary N) is 2. The molecule has 8 heteroatoms. The van der Waals surface area contributed by atoms with Crippen molar-refractivity contribution in [3.63, 3.8) is 0 Å². The maximum absolute atomic E-state index is 12.9. The first-order chi connectivity index (χ1) is 15.4. The zero-order valence-electron chi connectivity index (χ0n) is 17.0. The quantitative estimate of drug-likeness (QED) is 0.390. The number of benzene rings is 4. The maximum Gasteiger partial charge on any atom is 0.261 e. The monoisotopic (exact) mass is 466 g/mol. The summed E-state index contributed by atoms with van der Waals surface area (Å²) in [7, 11) is -2.28. The van der Waals surface area contributed by atoms with Gasteiger partial charge >= 0.3 is 0 Å². The summed E-state index contributed by atoms with van der Waals surface area (Å²) in [5.41, 5.74) is 1.23. The topological polar surface area (TPSA) is 84.5 Å². The normalized spacial score (nSPS) is 11.2. The van der Waals surface area contributed by atoms with Crippen molar-refractivity contribution in [3.8, 4) is 5.75 Å². The molecule has 0 aliphatic rings. The molecule has 162 valence electrons. The average molecular weight is 467 g/mol. The highest BCUT2D eigenvalue weighted by Crippen LogP contribution is 2.27. The molecule has 0 fully saturated rings. The van der Waals surface area contributed by atoms with Gasteiger partial charge in [-0.3, -0.25) is 9.52 Å². The molecule has 32 heavy (non-hydrogen) atoms. The van der Waals surface area contributed by atoms with Crippen LogP contribution in [0.2, 0.25) is 5.02 Å². The summed E-state index contributed by atoms with van der Waals surface area (Å²) in [5, 5.41) is 5.17. The van der Waals surface area contributed by atoms with E-state index < -0.39 is 10.0 Å². The Morgan fingerprint density at radius 3 is 2.06 bits per heavy atom. The number of rotatable bonds is 6. The highest BCUT2D eigenvalue weighted by molar-refractivity contribution is 7.92. The van der Waals surface area contributed by atoms with Crippen LogP contribution in [0.3, 0.4) is 0 Å². The minimum Gasteiger partial charge on any atom is -0.496 e. The van der Waals surface area contributed by atoms with Gasteiger partial charge in [0.05, 0.1) is 17.6 Å². The summed E-state index contributed by atoms with van der Waals surface area (Å²) in [6.07, 6.45) is 0. The van der Waals surface area contributed by atoms with Crippen LogP contribution in [-0.4, -0.2) is 21.4 Å². The first kappa shape index (κ1) is 21.7. The molecule has 0 unspecified atom stereocenters. The molecule has 0 heterocycles. The fraction of sp³-hybridized carbons (Fsp3) is 0.0417. The van der Waals surface area contributed by atoms with Crippen molar-refractivity contribution in [1.82, 2.24) is 0 Å². The van der Waals surface area contributed by atoms with Gasteiger partial charge in [0.2, 0.25) is 0 Å². The van der Waals surface area contributed by atoms with Crippen molar-refractivity contribution < 1.29 is 17.9 Å². The largest absolute Gasteiger partial charge is 0.496 e. The predicted molar refractivity (Wildman–Crippen MR) is 127 cm³/mol. The molecule has 0 aromatic heterocycles. The Hall–Kier alpha value is -3.55. The molecule has 6 nitrogen and oxygen atoms in total. The third kappa shape index (κ3) is 4.69. The lowest BCUT2D eigenvalue weighted by molar-refractivity contribution is 0.102. The SMILES string of the molecule is COc1cc2ccccc2cc1C(=O)Nc1ccc(S(=O)(=O)Nc2ccc(Cl)cc2)cc1. The first-order valence-electron chi connectivity index (χ1n) is 9.62. The molecule has 4 rings (SSSR count). The number of anilines is 2. The van der Waals surface area contributed by atoms with Crippen LogP contribution in [0.1, 0.15) is 10.4 Å². The van der Waals surface area contributed by atoms with Gasteiger partial charge in [-0.1, -0.05) is 35.9 Å². The van der Waals surface area contributed by atoms with E-state index in [0.717, 1.165) is 10.8 Å². The van der Waals surface area contributed by atoms with Gasteiger partial charge in [0.1, 0.15) is 5.75 Å². The smallest absolute Gasteiger partial charge is 0.261 e. The molecular formula is C24H19ClN2O4S. The average Bonchev–Trinajstić information content (AvgIpc) is 2.80. The van der Waals surface area contributed by atoms with Crippen LogP contribution in [0.25, 0.3) is 10.8 Å². The van der Waals surface area contributed by atoms with Gasteiger partial charge in [-0.15, -0.1) is 0 Å². The molecule has 0 bridgehead atoms. The van der Waals surface area contributed by atoms with Crippen molar-refractivity contribution in [2.75, 3.05) is 17.1 Å². The van der Waals surface area contributed by atoms with Gasteiger partial charge in [-0.2, -0.15) is 0 Å². The maximum atomic E-state index is 12.9. The molecule has 4 aromatic rings.